The van der Waals surface area contributed by atoms with E-state index in [0.29, 0.717) is 35.2 Å². The minimum atomic E-state index is -3.89. The number of amides is 1. The van der Waals surface area contributed by atoms with Crippen LogP contribution in [-0.2, 0) is 14.8 Å². The van der Waals surface area contributed by atoms with E-state index in [4.69, 9.17) is 14.2 Å². The Morgan fingerprint density at radius 3 is 2.50 bits per heavy atom. The topological polar surface area (TPSA) is 94.2 Å². The molecule has 1 aliphatic rings. The number of sulfonamides is 1. The van der Waals surface area contributed by atoms with Crippen molar-refractivity contribution in [1.82, 2.24) is 0 Å². The van der Waals surface area contributed by atoms with Crippen molar-refractivity contribution >= 4 is 27.3 Å². The Bertz CT molecular complexity index is 1010. The number of hydrogen-bond donors (Lipinski definition) is 1. The second kappa shape index (κ2) is 7.59. The first-order chi connectivity index (χ1) is 13.2. The van der Waals surface area contributed by atoms with E-state index in [0.717, 1.165) is 0 Å². The summed E-state index contributed by atoms with van der Waals surface area (Å²) in [5.74, 6) is 1.18. The molecule has 3 rings (SSSR count). The molecule has 1 N–H and O–H groups in total. The third-order valence-corrected chi connectivity index (χ3v) is 5.69. The van der Waals surface area contributed by atoms with Crippen LogP contribution >= 0.6 is 0 Å². The molecule has 0 spiro atoms. The molecule has 0 unspecified atom stereocenters. The summed E-state index contributed by atoms with van der Waals surface area (Å²) in [5.41, 5.74) is 0.754. The van der Waals surface area contributed by atoms with Gasteiger partial charge in [0.15, 0.2) is 11.5 Å². The van der Waals surface area contributed by atoms with Crippen molar-refractivity contribution < 1.29 is 27.4 Å². The molecular weight excluding hydrogens is 384 g/mol. The van der Waals surface area contributed by atoms with Crippen molar-refractivity contribution in [3.63, 3.8) is 0 Å². The SMILES string of the molecule is COc1ccc(NS(=O)(=O)c2ccc3c(c2)N(C(C)=O)C[C@H](C)O3)cc1OC. The number of nitrogens with zero attached hydrogens (tertiary/aromatic N) is 1. The minimum absolute atomic E-state index is 0.0189. The molecule has 1 atom stereocenters. The van der Waals surface area contributed by atoms with Gasteiger partial charge in [0.1, 0.15) is 11.9 Å². The summed E-state index contributed by atoms with van der Waals surface area (Å²) in [6.07, 6.45) is -0.177. The average Bonchev–Trinajstić information content (AvgIpc) is 2.66. The highest BCUT2D eigenvalue weighted by Crippen LogP contribution is 2.36. The van der Waals surface area contributed by atoms with Gasteiger partial charge in [-0.1, -0.05) is 0 Å². The summed E-state index contributed by atoms with van der Waals surface area (Å²) in [5, 5.41) is 0. The zero-order chi connectivity index (χ0) is 20.5. The largest absolute Gasteiger partial charge is 0.493 e. The summed E-state index contributed by atoms with van der Waals surface area (Å²) in [7, 11) is -0.926. The smallest absolute Gasteiger partial charge is 0.261 e. The maximum Gasteiger partial charge on any atom is 0.261 e. The number of hydrogen-bond acceptors (Lipinski definition) is 6. The van der Waals surface area contributed by atoms with Crippen LogP contribution in [0.2, 0.25) is 0 Å². The number of carbonyl (C=O) groups excluding carboxylic acids is 1. The maximum absolute atomic E-state index is 12.9. The maximum atomic E-state index is 12.9. The van der Waals surface area contributed by atoms with E-state index in [1.54, 1.807) is 18.2 Å². The molecule has 8 nitrogen and oxygen atoms in total. The predicted molar refractivity (Wildman–Crippen MR) is 105 cm³/mol. The number of fused-ring (bicyclic) bond motifs is 1. The van der Waals surface area contributed by atoms with Crippen molar-refractivity contribution in [2.75, 3.05) is 30.4 Å². The molecule has 28 heavy (non-hydrogen) atoms. The van der Waals surface area contributed by atoms with Gasteiger partial charge in [-0.25, -0.2) is 8.42 Å². The average molecular weight is 406 g/mol. The Balaban J connectivity index is 1.95. The van der Waals surface area contributed by atoms with Crippen molar-refractivity contribution in [2.45, 2.75) is 24.8 Å². The molecule has 0 saturated carbocycles. The lowest BCUT2D eigenvalue weighted by atomic mass is 10.2. The van der Waals surface area contributed by atoms with Crippen molar-refractivity contribution in [3.8, 4) is 17.2 Å². The van der Waals surface area contributed by atoms with E-state index in [9.17, 15) is 13.2 Å². The lowest BCUT2D eigenvalue weighted by molar-refractivity contribution is -0.117. The Labute approximate surface area is 164 Å². The van der Waals surface area contributed by atoms with Crippen LogP contribution in [0, 0.1) is 0 Å². The summed E-state index contributed by atoms with van der Waals surface area (Å²) >= 11 is 0. The second-order valence-electron chi connectivity index (χ2n) is 6.36. The van der Waals surface area contributed by atoms with Crippen LogP contribution < -0.4 is 23.8 Å². The van der Waals surface area contributed by atoms with Crippen molar-refractivity contribution in [2.24, 2.45) is 0 Å². The van der Waals surface area contributed by atoms with Gasteiger partial charge in [-0.2, -0.15) is 0 Å². The number of carbonyl (C=O) groups is 1. The third kappa shape index (κ3) is 3.84. The summed E-state index contributed by atoms with van der Waals surface area (Å²) in [6, 6.07) is 9.15. The second-order valence-corrected chi connectivity index (χ2v) is 8.05. The highest BCUT2D eigenvalue weighted by atomic mass is 32.2. The zero-order valence-corrected chi connectivity index (χ0v) is 16.9. The summed E-state index contributed by atoms with van der Waals surface area (Å²) in [6.45, 7) is 3.64. The number of methoxy groups -OCH3 is 2. The number of rotatable bonds is 5. The van der Waals surface area contributed by atoms with Crippen LogP contribution in [0.25, 0.3) is 0 Å². The number of ether oxygens (including phenoxy) is 3. The Kier molecular flexibility index (Phi) is 5.37. The van der Waals surface area contributed by atoms with Gasteiger partial charge in [0.2, 0.25) is 5.91 Å². The normalized spacial score (nSPS) is 16.0. The summed E-state index contributed by atoms with van der Waals surface area (Å²) < 4.78 is 44.3. The van der Waals surface area contributed by atoms with Crippen molar-refractivity contribution in [1.29, 1.82) is 0 Å². The first kappa shape index (κ1) is 19.8. The molecule has 150 valence electrons. The fourth-order valence-corrected chi connectivity index (χ4v) is 4.07. The molecule has 0 radical (unpaired) electrons. The van der Waals surface area contributed by atoms with Gasteiger partial charge in [-0.05, 0) is 37.3 Å². The Morgan fingerprint density at radius 2 is 1.86 bits per heavy atom. The van der Waals surface area contributed by atoms with E-state index in [1.165, 1.54) is 44.2 Å². The molecule has 1 heterocycles. The summed E-state index contributed by atoms with van der Waals surface area (Å²) in [4.78, 5) is 13.5. The monoisotopic (exact) mass is 406 g/mol. The number of benzene rings is 2. The van der Waals surface area contributed by atoms with Crippen LogP contribution in [0.15, 0.2) is 41.3 Å². The fourth-order valence-electron chi connectivity index (χ4n) is 3.00. The molecule has 0 aliphatic carbocycles. The highest BCUT2D eigenvalue weighted by molar-refractivity contribution is 7.92. The minimum Gasteiger partial charge on any atom is -0.493 e. The third-order valence-electron chi connectivity index (χ3n) is 4.32. The van der Waals surface area contributed by atoms with E-state index in [2.05, 4.69) is 4.72 Å². The van der Waals surface area contributed by atoms with Gasteiger partial charge in [0.25, 0.3) is 10.0 Å². The molecule has 1 amide bonds. The van der Waals surface area contributed by atoms with Gasteiger partial charge < -0.3 is 19.1 Å². The quantitative estimate of drug-likeness (QED) is 0.820. The van der Waals surface area contributed by atoms with E-state index < -0.39 is 10.0 Å². The molecule has 0 fully saturated rings. The van der Waals surface area contributed by atoms with Crippen LogP contribution in [0.1, 0.15) is 13.8 Å². The molecule has 0 aromatic heterocycles. The highest BCUT2D eigenvalue weighted by Gasteiger charge is 2.28. The van der Waals surface area contributed by atoms with Crippen LogP contribution in [0.4, 0.5) is 11.4 Å². The molecular formula is C19H22N2O6S. The van der Waals surface area contributed by atoms with E-state index in [-0.39, 0.29) is 16.9 Å². The number of anilines is 2. The lowest BCUT2D eigenvalue weighted by Crippen LogP contribution is -2.41. The molecule has 0 saturated heterocycles. The van der Waals surface area contributed by atoms with Gasteiger partial charge in [0.05, 0.1) is 37.0 Å². The Morgan fingerprint density at radius 1 is 1.14 bits per heavy atom. The van der Waals surface area contributed by atoms with Crippen molar-refractivity contribution in [3.05, 3.63) is 36.4 Å². The molecule has 2 aromatic rings. The van der Waals surface area contributed by atoms with Gasteiger partial charge in [-0.3, -0.25) is 9.52 Å². The standard InChI is InChI=1S/C19H22N2O6S/c1-12-11-21(13(2)22)16-10-15(6-8-17(16)27-12)28(23,24)20-14-5-7-18(25-3)19(9-14)26-4/h5-10,12,20H,11H2,1-4H3/t12-/m0/s1. The first-order valence-electron chi connectivity index (χ1n) is 8.59. The Hall–Kier alpha value is -2.94. The molecule has 1 aliphatic heterocycles. The van der Waals surface area contributed by atoms with Crippen LogP contribution in [0.5, 0.6) is 17.2 Å². The van der Waals surface area contributed by atoms with Crippen LogP contribution in [-0.4, -0.2) is 41.2 Å². The molecule has 9 heteroatoms. The molecule has 0 bridgehead atoms. The fraction of sp³-hybridized carbons (Fsp3) is 0.316. The van der Waals surface area contributed by atoms with Gasteiger partial charge in [0, 0.05) is 13.0 Å². The lowest BCUT2D eigenvalue weighted by Gasteiger charge is -2.33. The molecule has 2 aromatic carbocycles. The predicted octanol–water partition coefficient (Wildman–Crippen LogP) is 2.64. The van der Waals surface area contributed by atoms with E-state index in [1.807, 2.05) is 6.92 Å². The van der Waals surface area contributed by atoms with E-state index >= 15 is 0 Å². The van der Waals surface area contributed by atoms with Gasteiger partial charge >= 0.3 is 0 Å². The van der Waals surface area contributed by atoms with Crippen LogP contribution in [0.3, 0.4) is 0 Å². The van der Waals surface area contributed by atoms with Gasteiger partial charge in [-0.15, -0.1) is 0 Å². The zero-order valence-electron chi connectivity index (χ0n) is 16.1. The number of nitrogens with one attached hydrogen (secondary N) is 1. The first-order valence-corrected chi connectivity index (χ1v) is 10.1.